The summed E-state index contributed by atoms with van der Waals surface area (Å²) in [5, 5.41) is 14.9. The minimum absolute atomic E-state index is 0.148. The Morgan fingerprint density at radius 3 is 2.62 bits per heavy atom. The third-order valence-electron chi connectivity index (χ3n) is 3.17. The molecule has 0 saturated carbocycles. The van der Waals surface area contributed by atoms with Crippen molar-refractivity contribution in [2.45, 2.75) is 13.8 Å². The summed E-state index contributed by atoms with van der Waals surface area (Å²) in [6.45, 7) is 4.01. The molecule has 0 spiro atoms. The SMILES string of the molecule is CCOc1ccc(/C=N\NC(=O)c2ccc(C)cc2)cc1[N+](=O)[O-]. The van der Waals surface area contributed by atoms with Crippen LogP contribution in [-0.2, 0) is 0 Å². The predicted octanol–water partition coefficient (Wildman–Crippen LogP) is 3.07. The molecule has 7 heteroatoms. The zero-order valence-electron chi connectivity index (χ0n) is 13.4. The average molecular weight is 327 g/mol. The number of nitrogens with zero attached hydrogens (tertiary/aromatic N) is 2. The van der Waals surface area contributed by atoms with E-state index in [9.17, 15) is 14.9 Å². The summed E-state index contributed by atoms with van der Waals surface area (Å²) >= 11 is 0. The van der Waals surface area contributed by atoms with Crippen LogP contribution in [0, 0.1) is 17.0 Å². The largest absolute Gasteiger partial charge is 0.487 e. The summed E-state index contributed by atoms with van der Waals surface area (Å²) in [4.78, 5) is 22.4. The van der Waals surface area contributed by atoms with Crippen molar-refractivity contribution in [2.75, 3.05) is 6.61 Å². The van der Waals surface area contributed by atoms with Crippen LogP contribution < -0.4 is 10.2 Å². The highest BCUT2D eigenvalue weighted by Crippen LogP contribution is 2.27. The van der Waals surface area contributed by atoms with Gasteiger partial charge in [-0.15, -0.1) is 0 Å². The molecular formula is C17H17N3O4. The second-order valence-corrected chi connectivity index (χ2v) is 4.98. The molecule has 0 aromatic heterocycles. The van der Waals surface area contributed by atoms with Crippen molar-refractivity contribution in [3.8, 4) is 5.75 Å². The van der Waals surface area contributed by atoms with Crippen molar-refractivity contribution in [3.63, 3.8) is 0 Å². The van der Waals surface area contributed by atoms with Gasteiger partial charge in [0.1, 0.15) is 0 Å². The first-order valence-electron chi connectivity index (χ1n) is 7.32. The van der Waals surface area contributed by atoms with Crippen LogP contribution >= 0.6 is 0 Å². The van der Waals surface area contributed by atoms with Gasteiger partial charge in [0, 0.05) is 17.2 Å². The number of carbonyl (C=O) groups excluding carboxylic acids is 1. The maximum absolute atomic E-state index is 11.9. The quantitative estimate of drug-likeness (QED) is 0.501. The number of carbonyl (C=O) groups is 1. The fourth-order valence-corrected chi connectivity index (χ4v) is 1.97. The summed E-state index contributed by atoms with van der Waals surface area (Å²) in [7, 11) is 0. The number of benzene rings is 2. The van der Waals surface area contributed by atoms with E-state index in [2.05, 4.69) is 10.5 Å². The summed E-state index contributed by atoms with van der Waals surface area (Å²) in [5.41, 5.74) is 4.25. The number of hydrazone groups is 1. The fourth-order valence-electron chi connectivity index (χ4n) is 1.97. The lowest BCUT2D eigenvalue weighted by atomic mass is 10.1. The van der Waals surface area contributed by atoms with Gasteiger partial charge < -0.3 is 4.74 Å². The number of amides is 1. The highest BCUT2D eigenvalue weighted by molar-refractivity contribution is 5.95. The van der Waals surface area contributed by atoms with E-state index in [1.54, 1.807) is 25.1 Å². The number of ether oxygens (including phenoxy) is 1. The van der Waals surface area contributed by atoms with Crippen LogP contribution in [0.2, 0.25) is 0 Å². The molecule has 1 N–H and O–H groups in total. The minimum Gasteiger partial charge on any atom is -0.487 e. The van der Waals surface area contributed by atoms with Gasteiger partial charge in [-0.3, -0.25) is 14.9 Å². The van der Waals surface area contributed by atoms with E-state index in [0.717, 1.165) is 5.56 Å². The summed E-state index contributed by atoms with van der Waals surface area (Å²) in [6.07, 6.45) is 1.34. The molecule has 0 aliphatic heterocycles. The van der Waals surface area contributed by atoms with Gasteiger partial charge in [-0.2, -0.15) is 5.10 Å². The van der Waals surface area contributed by atoms with Crippen LogP contribution in [-0.4, -0.2) is 23.7 Å². The topological polar surface area (TPSA) is 93.8 Å². The van der Waals surface area contributed by atoms with Crippen LogP contribution in [0.4, 0.5) is 5.69 Å². The van der Waals surface area contributed by atoms with E-state index >= 15 is 0 Å². The van der Waals surface area contributed by atoms with Gasteiger partial charge in [-0.1, -0.05) is 17.7 Å². The van der Waals surface area contributed by atoms with Gasteiger partial charge in [0.15, 0.2) is 5.75 Å². The van der Waals surface area contributed by atoms with Crippen LogP contribution in [0.5, 0.6) is 5.75 Å². The first-order chi connectivity index (χ1) is 11.5. The molecule has 0 aliphatic carbocycles. The monoisotopic (exact) mass is 327 g/mol. The van der Waals surface area contributed by atoms with E-state index in [-0.39, 0.29) is 17.3 Å². The molecule has 124 valence electrons. The second-order valence-electron chi connectivity index (χ2n) is 4.98. The smallest absolute Gasteiger partial charge is 0.311 e. The van der Waals surface area contributed by atoms with Crippen molar-refractivity contribution in [1.82, 2.24) is 5.43 Å². The lowest BCUT2D eigenvalue weighted by molar-refractivity contribution is -0.385. The van der Waals surface area contributed by atoms with Crippen molar-refractivity contribution >= 4 is 17.8 Å². The number of hydrogen-bond donors (Lipinski definition) is 1. The Morgan fingerprint density at radius 1 is 1.29 bits per heavy atom. The van der Waals surface area contributed by atoms with E-state index in [1.807, 2.05) is 19.1 Å². The summed E-state index contributed by atoms with van der Waals surface area (Å²) in [5.74, 6) is -0.157. The Labute approximate surface area is 139 Å². The molecule has 0 radical (unpaired) electrons. The summed E-state index contributed by atoms with van der Waals surface area (Å²) in [6, 6.07) is 11.5. The van der Waals surface area contributed by atoms with Gasteiger partial charge >= 0.3 is 5.69 Å². The molecule has 0 atom stereocenters. The zero-order chi connectivity index (χ0) is 17.5. The normalized spacial score (nSPS) is 10.6. The maximum Gasteiger partial charge on any atom is 0.311 e. The Hall–Kier alpha value is -3.22. The summed E-state index contributed by atoms with van der Waals surface area (Å²) < 4.78 is 5.21. The standard InChI is InChI=1S/C17H17N3O4/c1-3-24-16-9-6-13(10-15(16)20(22)23)11-18-19-17(21)14-7-4-12(2)5-8-14/h4-11H,3H2,1-2H3,(H,19,21)/b18-11-. The molecule has 24 heavy (non-hydrogen) atoms. The van der Waals surface area contributed by atoms with Gasteiger partial charge in [0.05, 0.1) is 17.7 Å². The number of aryl methyl sites for hydroxylation is 1. The van der Waals surface area contributed by atoms with Crippen LogP contribution in [0.3, 0.4) is 0 Å². The maximum atomic E-state index is 11.9. The van der Waals surface area contributed by atoms with Gasteiger partial charge in [0.25, 0.3) is 5.91 Å². The molecule has 7 nitrogen and oxygen atoms in total. The van der Waals surface area contributed by atoms with Crippen LogP contribution in [0.1, 0.15) is 28.4 Å². The first kappa shape index (κ1) is 17.1. The van der Waals surface area contributed by atoms with Gasteiger partial charge in [-0.05, 0) is 38.1 Å². The van der Waals surface area contributed by atoms with Crippen molar-refractivity contribution < 1.29 is 14.5 Å². The third kappa shape index (κ3) is 4.39. The molecule has 0 bridgehead atoms. The molecule has 0 saturated heterocycles. The zero-order valence-corrected chi connectivity index (χ0v) is 13.4. The first-order valence-corrected chi connectivity index (χ1v) is 7.32. The van der Waals surface area contributed by atoms with Gasteiger partial charge in [-0.25, -0.2) is 5.43 Å². The van der Waals surface area contributed by atoms with Crippen molar-refractivity contribution in [3.05, 3.63) is 69.3 Å². The van der Waals surface area contributed by atoms with E-state index in [0.29, 0.717) is 17.7 Å². The number of nitro groups is 1. The van der Waals surface area contributed by atoms with Gasteiger partial charge in [0.2, 0.25) is 0 Å². The van der Waals surface area contributed by atoms with E-state index < -0.39 is 4.92 Å². The Balaban J connectivity index is 2.08. The molecule has 2 aromatic carbocycles. The number of rotatable bonds is 6. The molecule has 1 amide bonds. The fraction of sp³-hybridized carbons (Fsp3) is 0.176. The molecule has 0 unspecified atom stereocenters. The minimum atomic E-state index is -0.521. The Kier molecular flexibility index (Phi) is 5.62. The molecule has 2 rings (SSSR count). The second kappa shape index (κ2) is 7.87. The lowest BCUT2D eigenvalue weighted by Gasteiger charge is -2.04. The van der Waals surface area contributed by atoms with Crippen LogP contribution in [0.15, 0.2) is 47.6 Å². The van der Waals surface area contributed by atoms with Crippen LogP contribution in [0.25, 0.3) is 0 Å². The average Bonchev–Trinajstić information content (AvgIpc) is 2.56. The Bertz CT molecular complexity index is 770. The highest BCUT2D eigenvalue weighted by atomic mass is 16.6. The van der Waals surface area contributed by atoms with Crippen molar-refractivity contribution in [2.24, 2.45) is 5.10 Å². The number of nitrogens with one attached hydrogen (secondary N) is 1. The molecule has 2 aromatic rings. The van der Waals surface area contributed by atoms with E-state index in [4.69, 9.17) is 4.74 Å². The lowest BCUT2D eigenvalue weighted by Crippen LogP contribution is -2.17. The molecular weight excluding hydrogens is 310 g/mol. The Morgan fingerprint density at radius 2 is 2.00 bits per heavy atom. The molecule has 0 heterocycles. The molecule has 0 fully saturated rings. The van der Waals surface area contributed by atoms with Crippen molar-refractivity contribution in [1.29, 1.82) is 0 Å². The number of hydrogen-bond acceptors (Lipinski definition) is 5. The van der Waals surface area contributed by atoms with E-state index in [1.165, 1.54) is 18.3 Å². The highest BCUT2D eigenvalue weighted by Gasteiger charge is 2.15. The number of nitro benzene ring substituents is 1. The molecule has 0 aliphatic rings. The predicted molar refractivity (Wildman–Crippen MR) is 90.5 cm³/mol. The third-order valence-corrected chi connectivity index (χ3v) is 3.17.